The molecule has 1 aromatic carbocycles. The molecular formula is C20H16F8N4O4. The smallest absolute Gasteiger partial charge is 0.422 e. The average molecular weight is 528 g/mol. The minimum Gasteiger partial charge on any atom is -0.488 e. The van der Waals surface area contributed by atoms with Crippen molar-refractivity contribution in [3.63, 3.8) is 0 Å². The second kappa shape index (κ2) is 10.8. The summed E-state index contributed by atoms with van der Waals surface area (Å²) in [5.41, 5.74) is 0.741. The topological polar surface area (TPSA) is 85.8 Å². The van der Waals surface area contributed by atoms with Crippen LogP contribution in [-0.4, -0.2) is 54.6 Å². The predicted octanol–water partition coefficient (Wildman–Crippen LogP) is 5.33. The fraction of sp³-hybridized carbons (Fsp3) is 0.350. The molecule has 0 saturated carbocycles. The maximum atomic E-state index is 12.9. The van der Waals surface area contributed by atoms with Crippen molar-refractivity contribution >= 4 is 17.7 Å². The van der Waals surface area contributed by atoms with E-state index in [1.54, 1.807) is 6.08 Å². The highest BCUT2D eigenvalue weighted by atomic mass is 19.4. The summed E-state index contributed by atoms with van der Waals surface area (Å²) in [5, 5.41) is 2.16. The van der Waals surface area contributed by atoms with E-state index in [1.165, 1.54) is 24.3 Å². The summed E-state index contributed by atoms with van der Waals surface area (Å²) in [5.74, 6) is -2.19. The van der Waals surface area contributed by atoms with Gasteiger partial charge >= 0.3 is 18.4 Å². The minimum atomic E-state index is -4.78. The molecule has 1 aliphatic rings. The molecule has 0 saturated heterocycles. The Labute approximate surface area is 197 Å². The molecule has 3 rings (SSSR count). The van der Waals surface area contributed by atoms with E-state index >= 15 is 0 Å². The fourth-order valence-corrected chi connectivity index (χ4v) is 2.56. The minimum absolute atomic E-state index is 0.105. The number of alkyl halides is 8. The van der Waals surface area contributed by atoms with Gasteiger partial charge in [0.1, 0.15) is 12.4 Å². The van der Waals surface area contributed by atoms with Crippen molar-refractivity contribution in [2.24, 2.45) is 0 Å². The first-order valence-corrected chi connectivity index (χ1v) is 9.88. The van der Waals surface area contributed by atoms with E-state index in [0.29, 0.717) is 18.2 Å². The summed E-state index contributed by atoms with van der Waals surface area (Å²) in [4.78, 5) is 21.1. The van der Waals surface area contributed by atoms with Crippen molar-refractivity contribution in [2.75, 3.05) is 30.0 Å². The second-order valence-electron chi connectivity index (χ2n) is 7.04. The second-order valence-corrected chi connectivity index (χ2v) is 7.04. The van der Waals surface area contributed by atoms with Crippen LogP contribution in [0.25, 0.3) is 0 Å². The molecule has 0 spiro atoms. The van der Waals surface area contributed by atoms with Gasteiger partial charge in [-0.25, -0.2) is 13.6 Å². The summed E-state index contributed by atoms with van der Waals surface area (Å²) < 4.78 is 113. The number of amides is 2. The van der Waals surface area contributed by atoms with Crippen molar-refractivity contribution in [3.05, 3.63) is 42.1 Å². The summed E-state index contributed by atoms with van der Waals surface area (Å²) in [6.07, 6.45) is -10.2. The van der Waals surface area contributed by atoms with E-state index < -0.39 is 62.3 Å². The van der Waals surface area contributed by atoms with Crippen LogP contribution in [0.15, 0.2) is 42.1 Å². The maximum Gasteiger partial charge on any atom is 0.422 e. The first kappa shape index (κ1) is 26.7. The third-order valence-electron chi connectivity index (χ3n) is 4.01. The first-order chi connectivity index (χ1) is 16.8. The molecule has 36 heavy (non-hydrogen) atoms. The van der Waals surface area contributed by atoms with E-state index in [4.69, 9.17) is 4.74 Å². The lowest BCUT2D eigenvalue weighted by Gasteiger charge is -2.21. The molecule has 1 aliphatic carbocycles. The van der Waals surface area contributed by atoms with Gasteiger partial charge in [-0.1, -0.05) is 6.08 Å². The van der Waals surface area contributed by atoms with Crippen LogP contribution in [0.1, 0.15) is 6.42 Å². The number of hydrogen-bond acceptors (Lipinski definition) is 6. The SMILES string of the molecule is O=C(Nc1nc(OCC(F)(F)F)cc(OCC(F)(F)F)n1)N(C1=CC1)c1ccc(OCC(F)F)cc1. The molecule has 0 aliphatic heterocycles. The lowest BCUT2D eigenvalue weighted by atomic mass is 10.3. The Morgan fingerprint density at radius 1 is 0.944 bits per heavy atom. The number of carbonyl (C=O) groups is 1. The number of aromatic nitrogens is 2. The lowest BCUT2D eigenvalue weighted by molar-refractivity contribution is -0.154. The van der Waals surface area contributed by atoms with Gasteiger partial charge in [-0.05, 0) is 24.3 Å². The first-order valence-electron chi connectivity index (χ1n) is 9.88. The number of rotatable bonds is 10. The molecule has 2 amide bonds. The molecule has 1 N–H and O–H groups in total. The number of anilines is 2. The third kappa shape index (κ3) is 8.74. The molecule has 1 heterocycles. The van der Waals surface area contributed by atoms with Gasteiger partial charge in [-0.15, -0.1) is 0 Å². The molecule has 1 aromatic heterocycles. The van der Waals surface area contributed by atoms with Crippen LogP contribution in [-0.2, 0) is 0 Å². The number of urea groups is 1. The number of hydrogen-bond donors (Lipinski definition) is 1. The molecule has 0 bridgehead atoms. The van der Waals surface area contributed by atoms with Crippen LogP contribution in [0.5, 0.6) is 17.5 Å². The van der Waals surface area contributed by atoms with Gasteiger partial charge in [0, 0.05) is 12.1 Å². The van der Waals surface area contributed by atoms with Crippen LogP contribution in [0.3, 0.4) is 0 Å². The van der Waals surface area contributed by atoms with Crippen LogP contribution in [0.2, 0.25) is 0 Å². The highest BCUT2D eigenvalue weighted by Gasteiger charge is 2.31. The van der Waals surface area contributed by atoms with Crippen LogP contribution in [0.4, 0.5) is 51.6 Å². The van der Waals surface area contributed by atoms with Crippen LogP contribution >= 0.6 is 0 Å². The Morgan fingerprint density at radius 2 is 1.47 bits per heavy atom. The van der Waals surface area contributed by atoms with E-state index in [0.717, 1.165) is 4.90 Å². The quantitative estimate of drug-likeness (QED) is 0.420. The third-order valence-corrected chi connectivity index (χ3v) is 4.01. The molecule has 0 unspecified atom stereocenters. The zero-order chi connectivity index (χ0) is 26.5. The average Bonchev–Trinajstić information content (AvgIpc) is 3.60. The van der Waals surface area contributed by atoms with E-state index in [9.17, 15) is 39.9 Å². The zero-order valence-corrected chi connectivity index (χ0v) is 17.9. The van der Waals surface area contributed by atoms with Crippen LogP contribution in [0, 0.1) is 0 Å². The Bertz CT molecular complexity index is 1050. The highest BCUT2D eigenvalue weighted by molar-refractivity contribution is 6.04. The van der Waals surface area contributed by atoms with Crippen molar-refractivity contribution < 1.29 is 54.1 Å². The lowest BCUT2D eigenvalue weighted by Crippen LogP contribution is -2.32. The van der Waals surface area contributed by atoms with Gasteiger partial charge < -0.3 is 14.2 Å². The van der Waals surface area contributed by atoms with Gasteiger partial charge in [0.25, 0.3) is 6.43 Å². The van der Waals surface area contributed by atoms with E-state index in [-0.39, 0.29) is 11.4 Å². The number of carbonyl (C=O) groups excluding carboxylic acids is 1. The predicted molar refractivity (Wildman–Crippen MR) is 107 cm³/mol. The number of benzene rings is 1. The molecule has 8 nitrogen and oxygen atoms in total. The Balaban J connectivity index is 1.79. The number of allylic oxidation sites excluding steroid dienone is 2. The van der Waals surface area contributed by atoms with Crippen molar-refractivity contribution in [1.82, 2.24) is 9.97 Å². The summed E-state index contributed by atoms with van der Waals surface area (Å²) in [6.45, 7) is -4.46. The molecular weight excluding hydrogens is 512 g/mol. The molecule has 0 atom stereocenters. The molecule has 16 heteroatoms. The van der Waals surface area contributed by atoms with Gasteiger partial charge in [0.05, 0.1) is 11.8 Å². The highest BCUT2D eigenvalue weighted by Crippen LogP contribution is 2.32. The van der Waals surface area contributed by atoms with Crippen molar-refractivity contribution in [3.8, 4) is 17.5 Å². The maximum absolute atomic E-state index is 12.9. The standard InChI is InChI=1S/C20H16F8N4O4/c21-14(22)8-34-13-5-3-12(4-6-13)32(11-1-2-11)18(33)31-17-29-15(35-9-19(23,24)25)7-16(30-17)36-10-20(26,27)28/h1,3-7,14H,2,8-10H2,(H,29,30,31,33). The van der Waals surface area contributed by atoms with Crippen LogP contribution < -0.4 is 24.4 Å². The molecule has 196 valence electrons. The summed E-state index contributed by atoms with van der Waals surface area (Å²) >= 11 is 0. The molecule has 2 aromatic rings. The zero-order valence-electron chi connectivity index (χ0n) is 17.9. The normalized spacial score (nSPS) is 13.2. The number of ether oxygens (including phenoxy) is 3. The van der Waals surface area contributed by atoms with Gasteiger partial charge in [-0.3, -0.25) is 10.2 Å². The summed E-state index contributed by atoms with van der Waals surface area (Å²) in [6, 6.07) is 5.09. The Morgan fingerprint density at radius 3 is 1.92 bits per heavy atom. The van der Waals surface area contributed by atoms with E-state index in [1.807, 2.05) is 0 Å². The number of halogens is 8. The van der Waals surface area contributed by atoms with Crippen molar-refractivity contribution in [2.45, 2.75) is 25.2 Å². The van der Waals surface area contributed by atoms with Gasteiger partial charge in [-0.2, -0.15) is 36.3 Å². The largest absolute Gasteiger partial charge is 0.488 e. The molecule has 0 radical (unpaired) electrons. The van der Waals surface area contributed by atoms with Gasteiger partial charge in [0.15, 0.2) is 13.2 Å². The Kier molecular flexibility index (Phi) is 8.04. The summed E-state index contributed by atoms with van der Waals surface area (Å²) in [7, 11) is 0. The monoisotopic (exact) mass is 528 g/mol. The molecule has 0 fully saturated rings. The van der Waals surface area contributed by atoms with Crippen molar-refractivity contribution in [1.29, 1.82) is 0 Å². The van der Waals surface area contributed by atoms with Gasteiger partial charge in [0.2, 0.25) is 17.7 Å². The Hall–Kier alpha value is -3.85. The van der Waals surface area contributed by atoms with E-state index in [2.05, 4.69) is 24.8 Å². The fourth-order valence-electron chi connectivity index (χ4n) is 2.56. The number of nitrogens with one attached hydrogen (secondary N) is 1. The number of nitrogens with zero attached hydrogens (tertiary/aromatic N) is 3.